The first-order valence-corrected chi connectivity index (χ1v) is 7.46. The summed E-state index contributed by atoms with van der Waals surface area (Å²) in [5, 5.41) is 3.14. The maximum atomic E-state index is 12.0. The molecule has 1 N–H and O–H groups in total. The largest absolute Gasteiger partial charge is 0.353 e. The summed E-state index contributed by atoms with van der Waals surface area (Å²) in [5.41, 5.74) is 3.11. The van der Waals surface area contributed by atoms with Crippen molar-refractivity contribution >= 4 is 11.6 Å². The number of aromatic nitrogens is 2. The second kappa shape index (κ2) is 5.65. The molecule has 2 heterocycles. The second-order valence-electron chi connectivity index (χ2n) is 5.62. The van der Waals surface area contributed by atoms with Crippen molar-refractivity contribution in [2.24, 2.45) is 0 Å². The van der Waals surface area contributed by atoms with E-state index in [1.54, 1.807) is 0 Å². The molecule has 1 aliphatic rings. The summed E-state index contributed by atoms with van der Waals surface area (Å²) >= 11 is 0. The van der Waals surface area contributed by atoms with Gasteiger partial charge in [0.2, 0.25) is 5.91 Å². The summed E-state index contributed by atoms with van der Waals surface area (Å²) in [6.45, 7) is 2.01. The van der Waals surface area contributed by atoms with E-state index in [2.05, 4.69) is 14.7 Å². The Morgan fingerprint density at radius 1 is 1.40 bits per heavy atom. The van der Waals surface area contributed by atoms with E-state index in [0.29, 0.717) is 12.5 Å². The van der Waals surface area contributed by atoms with Gasteiger partial charge in [-0.2, -0.15) is 0 Å². The monoisotopic (exact) mass is 271 g/mol. The van der Waals surface area contributed by atoms with E-state index in [0.717, 1.165) is 36.3 Å². The number of nitrogens with zero attached hydrogens (tertiary/aromatic N) is 2. The van der Waals surface area contributed by atoms with Crippen molar-refractivity contribution in [2.45, 2.75) is 51.5 Å². The Balaban J connectivity index is 1.64. The zero-order valence-corrected chi connectivity index (χ0v) is 11.9. The molecular weight excluding hydrogens is 250 g/mol. The normalized spacial score (nSPS) is 15.8. The number of nitrogens with one attached hydrogen (secondary N) is 1. The lowest BCUT2D eigenvalue weighted by Gasteiger charge is -2.11. The van der Waals surface area contributed by atoms with Crippen LogP contribution in [0.4, 0.5) is 0 Å². The van der Waals surface area contributed by atoms with Crippen molar-refractivity contribution in [1.82, 2.24) is 14.7 Å². The van der Waals surface area contributed by atoms with Crippen LogP contribution in [0.2, 0.25) is 0 Å². The molecular formula is C16H21N3O. The Morgan fingerprint density at radius 2 is 2.20 bits per heavy atom. The van der Waals surface area contributed by atoms with Gasteiger partial charge in [-0.25, -0.2) is 4.98 Å². The van der Waals surface area contributed by atoms with Crippen molar-refractivity contribution in [3.63, 3.8) is 0 Å². The van der Waals surface area contributed by atoms with Gasteiger partial charge < -0.3 is 9.72 Å². The fraction of sp³-hybridized carbons (Fsp3) is 0.500. The second-order valence-corrected chi connectivity index (χ2v) is 5.62. The highest BCUT2D eigenvalue weighted by molar-refractivity contribution is 5.76. The third kappa shape index (κ3) is 2.69. The quantitative estimate of drug-likeness (QED) is 0.929. The molecule has 0 unspecified atom stereocenters. The molecule has 0 aliphatic heterocycles. The summed E-state index contributed by atoms with van der Waals surface area (Å²) in [6, 6.07) is 6.38. The van der Waals surface area contributed by atoms with Crippen LogP contribution < -0.4 is 5.32 Å². The van der Waals surface area contributed by atoms with Crippen molar-refractivity contribution in [3.05, 3.63) is 35.8 Å². The number of rotatable bonds is 4. The number of fused-ring (bicyclic) bond motifs is 1. The zero-order chi connectivity index (χ0) is 13.9. The van der Waals surface area contributed by atoms with Crippen LogP contribution in [-0.4, -0.2) is 21.3 Å². The van der Waals surface area contributed by atoms with Crippen LogP contribution in [0, 0.1) is 6.92 Å². The topological polar surface area (TPSA) is 46.4 Å². The van der Waals surface area contributed by atoms with E-state index in [9.17, 15) is 4.79 Å². The zero-order valence-electron chi connectivity index (χ0n) is 11.9. The van der Waals surface area contributed by atoms with Crippen LogP contribution in [0.3, 0.4) is 0 Å². The Hall–Kier alpha value is -1.84. The summed E-state index contributed by atoms with van der Waals surface area (Å²) in [4.78, 5) is 16.5. The molecule has 1 fully saturated rings. The molecule has 1 saturated carbocycles. The highest BCUT2D eigenvalue weighted by Gasteiger charge is 2.17. The molecule has 20 heavy (non-hydrogen) atoms. The first kappa shape index (κ1) is 13.2. The minimum atomic E-state index is 0.169. The van der Waals surface area contributed by atoms with E-state index < -0.39 is 0 Å². The average molecular weight is 271 g/mol. The number of imidazole rings is 1. The van der Waals surface area contributed by atoms with Crippen LogP contribution in [0.5, 0.6) is 0 Å². The summed E-state index contributed by atoms with van der Waals surface area (Å²) < 4.78 is 2.08. The van der Waals surface area contributed by atoms with Gasteiger partial charge in [0.25, 0.3) is 0 Å². The third-order valence-corrected chi connectivity index (χ3v) is 4.14. The van der Waals surface area contributed by atoms with E-state index >= 15 is 0 Å². The van der Waals surface area contributed by atoms with Crippen molar-refractivity contribution in [2.75, 3.05) is 0 Å². The van der Waals surface area contributed by atoms with E-state index in [-0.39, 0.29) is 5.91 Å². The molecule has 106 valence electrons. The smallest absolute Gasteiger partial charge is 0.220 e. The number of carbonyl (C=O) groups is 1. The Bertz CT molecular complexity index is 611. The molecule has 2 aromatic heterocycles. The van der Waals surface area contributed by atoms with Gasteiger partial charge in [-0.3, -0.25) is 4.79 Å². The lowest BCUT2D eigenvalue weighted by molar-refractivity contribution is -0.121. The van der Waals surface area contributed by atoms with Gasteiger partial charge in [0.05, 0.1) is 5.69 Å². The maximum Gasteiger partial charge on any atom is 0.220 e. The van der Waals surface area contributed by atoms with Gasteiger partial charge in [0, 0.05) is 24.4 Å². The molecule has 0 radical (unpaired) electrons. The van der Waals surface area contributed by atoms with E-state index in [1.807, 2.05) is 31.3 Å². The molecule has 2 aromatic rings. The van der Waals surface area contributed by atoms with Gasteiger partial charge >= 0.3 is 0 Å². The van der Waals surface area contributed by atoms with Crippen LogP contribution in [-0.2, 0) is 11.2 Å². The highest BCUT2D eigenvalue weighted by atomic mass is 16.1. The van der Waals surface area contributed by atoms with Crippen molar-refractivity contribution in [3.8, 4) is 0 Å². The first-order valence-electron chi connectivity index (χ1n) is 7.46. The van der Waals surface area contributed by atoms with Crippen molar-refractivity contribution in [1.29, 1.82) is 0 Å². The molecule has 3 rings (SSSR count). The number of hydrogen-bond donors (Lipinski definition) is 1. The predicted octanol–water partition coefficient (Wildman–Crippen LogP) is 2.63. The molecule has 0 atom stereocenters. The Morgan fingerprint density at radius 3 is 3.00 bits per heavy atom. The molecule has 1 aliphatic carbocycles. The fourth-order valence-corrected chi connectivity index (χ4v) is 3.07. The van der Waals surface area contributed by atoms with Gasteiger partial charge in [0.15, 0.2) is 0 Å². The number of carbonyl (C=O) groups excluding carboxylic acids is 1. The van der Waals surface area contributed by atoms with Gasteiger partial charge in [-0.1, -0.05) is 18.9 Å². The van der Waals surface area contributed by atoms with E-state index in [1.165, 1.54) is 12.8 Å². The van der Waals surface area contributed by atoms with Crippen LogP contribution in [0.1, 0.15) is 43.5 Å². The van der Waals surface area contributed by atoms with Gasteiger partial charge in [-0.05, 0) is 38.3 Å². The standard InChI is InChI=1S/C16H21N3O/c1-12-14(19-11-5-4-8-15(19)17-12)9-10-16(20)18-13-6-2-3-7-13/h4-5,8,11,13H,2-3,6-7,9-10H2,1H3,(H,18,20). The van der Waals surface area contributed by atoms with Gasteiger partial charge in [0.1, 0.15) is 5.65 Å². The average Bonchev–Trinajstić information content (AvgIpc) is 3.03. The van der Waals surface area contributed by atoms with Gasteiger partial charge in [-0.15, -0.1) is 0 Å². The first-order chi connectivity index (χ1) is 9.74. The Kier molecular flexibility index (Phi) is 3.72. The molecule has 1 amide bonds. The number of aryl methyl sites for hydroxylation is 2. The fourth-order valence-electron chi connectivity index (χ4n) is 3.07. The van der Waals surface area contributed by atoms with Crippen molar-refractivity contribution < 1.29 is 4.79 Å². The lowest BCUT2D eigenvalue weighted by Crippen LogP contribution is -2.32. The van der Waals surface area contributed by atoms with Crippen LogP contribution in [0.15, 0.2) is 24.4 Å². The summed E-state index contributed by atoms with van der Waals surface area (Å²) in [5.74, 6) is 0.169. The van der Waals surface area contributed by atoms with Crippen LogP contribution in [0.25, 0.3) is 5.65 Å². The van der Waals surface area contributed by atoms with E-state index in [4.69, 9.17) is 0 Å². The highest BCUT2D eigenvalue weighted by Crippen LogP contribution is 2.18. The molecule has 0 bridgehead atoms. The number of amides is 1. The number of pyridine rings is 1. The SMILES string of the molecule is Cc1nc2ccccn2c1CCC(=O)NC1CCCC1. The minimum absolute atomic E-state index is 0.169. The van der Waals surface area contributed by atoms with Crippen LogP contribution >= 0.6 is 0 Å². The molecule has 0 saturated heterocycles. The molecule has 4 nitrogen and oxygen atoms in total. The predicted molar refractivity (Wildman–Crippen MR) is 78.6 cm³/mol. The Labute approximate surface area is 119 Å². The minimum Gasteiger partial charge on any atom is -0.353 e. The molecule has 0 spiro atoms. The molecule has 0 aromatic carbocycles. The maximum absolute atomic E-state index is 12.0. The summed E-state index contributed by atoms with van der Waals surface area (Å²) in [6.07, 6.45) is 8.07. The molecule has 4 heteroatoms. The number of hydrogen-bond acceptors (Lipinski definition) is 2. The lowest BCUT2D eigenvalue weighted by atomic mass is 10.2. The summed E-state index contributed by atoms with van der Waals surface area (Å²) in [7, 11) is 0. The third-order valence-electron chi connectivity index (χ3n) is 4.14.